The van der Waals surface area contributed by atoms with Crippen LogP contribution in [0.4, 0.5) is 39.5 Å². The van der Waals surface area contributed by atoms with E-state index in [1.807, 2.05) is 0 Å². The normalized spacial score (nSPS) is 24.9. The molecule has 0 aromatic heterocycles. The first-order valence-corrected chi connectivity index (χ1v) is 8.00. The molecule has 1 aliphatic rings. The van der Waals surface area contributed by atoms with Gasteiger partial charge in [-0.3, -0.25) is 0 Å². The first-order valence-electron chi connectivity index (χ1n) is 7.00. The fourth-order valence-corrected chi connectivity index (χ4v) is 3.35. The summed E-state index contributed by atoms with van der Waals surface area (Å²) >= 11 is 0. The van der Waals surface area contributed by atoms with Crippen molar-refractivity contribution in [3.05, 3.63) is 0 Å². The van der Waals surface area contributed by atoms with E-state index in [-0.39, 0.29) is 6.42 Å². The molecule has 0 bridgehead atoms. The number of halogens is 9. The molecule has 1 fully saturated rings. The van der Waals surface area contributed by atoms with E-state index < -0.39 is 42.0 Å². The maximum absolute atomic E-state index is 13.3. The average molecular weight is 376 g/mol. The maximum Gasteiger partial charge on any atom is 0.460 e. The van der Waals surface area contributed by atoms with Gasteiger partial charge < -0.3 is 4.74 Å². The van der Waals surface area contributed by atoms with Crippen molar-refractivity contribution in [3.63, 3.8) is 0 Å². The molecule has 0 amide bonds. The second-order valence-electron chi connectivity index (χ2n) is 5.96. The molecule has 0 aromatic rings. The summed E-state index contributed by atoms with van der Waals surface area (Å²) in [5.41, 5.74) is 0. The van der Waals surface area contributed by atoms with E-state index in [9.17, 15) is 39.5 Å². The molecular weight excluding hydrogens is 359 g/mol. The van der Waals surface area contributed by atoms with Crippen molar-refractivity contribution in [3.8, 4) is 0 Å². The van der Waals surface area contributed by atoms with Crippen LogP contribution in [0.5, 0.6) is 0 Å². The number of alkyl halides is 9. The standard InChI is InChI=1S/C12H17F9OSi/c13-9(14,10(15,16)11(17,18)12(19,20)21)6-3-5-8(23)4-1-2-7-22-8/h1-7H2,23H3. The SMILES string of the molecule is FC(F)(F)C(F)(F)C(F)(F)C(F)(F)CCCC1([SiH3])CCCCO1. The first-order chi connectivity index (χ1) is 10.2. The Morgan fingerprint density at radius 1 is 0.870 bits per heavy atom. The van der Waals surface area contributed by atoms with Crippen LogP contribution in [-0.4, -0.2) is 46.0 Å². The van der Waals surface area contributed by atoms with Crippen molar-refractivity contribution >= 4 is 10.2 Å². The molecular formula is C12H17F9OSi. The van der Waals surface area contributed by atoms with Crippen molar-refractivity contribution < 1.29 is 44.3 Å². The van der Waals surface area contributed by atoms with Crippen LogP contribution in [0.3, 0.4) is 0 Å². The van der Waals surface area contributed by atoms with Gasteiger partial charge in [0.2, 0.25) is 0 Å². The lowest BCUT2D eigenvalue weighted by Crippen LogP contribution is -2.60. The fraction of sp³-hybridized carbons (Fsp3) is 1.00. The third-order valence-electron chi connectivity index (χ3n) is 3.96. The molecule has 1 atom stereocenters. The Kier molecular flexibility index (Phi) is 5.78. The van der Waals surface area contributed by atoms with Gasteiger partial charge in [-0.05, 0) is 32.1 Å². The zero-order chi connectivity index (χ0) is 18.2. The van der Waals surface area contributed by atoms with Crippen LogP contribution in [0.25, 0.3) is 0 Å². The maximum atomic E-state index is 13.3. The summed E-state index contributed by atoms with van der Waals surface area (Å²) in [6.45, 7) is 0.391. The van der Waals surface area contributed by atoms with Crippen LogP contribution in [0.1, 0.15) is 38.5 Å². The highest BCUT2D eigenvalue weighted by Crippen LogP contribution is 2.54. The largest absolute Gasteiger partial charge is 0.460 e. The predicted octanol–water partition coefficient (Wildman–Crippen LogP) is 3.89. The summed E-state index contributed by atoms with van der Waals surface area (Å²) in [6.07, 6.45) is -7.13. The molecule has 1 unspecified atom stereocenters. The van der Waals surface area contributed by atoms with Gasteiger partial charge in [0, 0.05) is 28.5 Å². The third-order valence-corrected chi connectivity index (χ3v) is 5.25. The lowest BCUT2D eigenvalue weighted by Gasteiger charge is -2.36. The molecule has 0 radical (unpaired) electrons. The smallest absolute Gasteiger partial charge is 0.380 e. The van der Waals surface area contributed by atoms with Crippen LogP contribution in [-0.2, 0) is 4.74 Å². The molecule has 138 valence electrons. The quantitative estimate of drug-likeness (QED) is 0.505. The highest BCUT2D eigenvalue weighted by molar-refractivity contribution is 6.14. The summed E-state index contributed by atoms with van der Waals surface area (Å²) in [6, 6.07) is 0. The number of ether oxygens (including phenoxy) is 1. The topological polar surface area (TPSA) is 9.23 Å². The molecule has 1 heterocycles. The predicted molar refractivity (Wildman–Crippen MR) is 67.2 cm³/mol. The highest BCUT2D eigenvalue weighted by atomic mass is 28.1. The van der Waals surface area contributed by atoms with E-state index in [2.05, 4.69) is 0 Å². The Balaban J connectivity index is 2.74. The van der Waals surface area contributed by atoms with Crippen molar-refractivity contribution in [2.24, 2.45) is 0 Å². The molecule has 1 nitrogen and oxygen atoms in total. The van der Waals surface area contributed by atoms with Gasteiger partial charge in [0.15, 0.2) is 0 Å². The van der Waals surface area contributed by atoms with E-state index in [1.54, 1.807) is 0 Å². The van der Waals surface area contributed by atoms with Crippen LogP contribution < -0.4 is 0 Å². The minimum Gasteiger partial charge on any atom is -0.380 e. The number of hydrogen-bond acceptors (Lipinski definition) is 1. The van der Waals surface area contributed by atoms with Gasteiger partial charge in [-0.2, -0.15) is 39.5 Å². The summed E-state index contributed by atoms with van der Waals surface area (Å²) in [5, 5.41) is -0.712. The Morgan fingerprint density at radius 3 is 1.87 bits per heavy atom. The molecule has 0 spiro atoms. The van der Waals surface area contributed by atoms with E-state index >= 15 is 0 Å². The van der Waals surface area contributed by atoms with Crippen LogP contribution >= 0.6 is 0 Å². The van der Waals surface area contributed by atoms with Crippen molar-refractivity contribution in [1.29, 1.82) is 0 Å². The fourth-order valence-electron chi connectivity index (χ4n) is 2.44. The van der Waals surface area contributed by atoms with E-state index in [4.69, 9.17) is 4.74 Å². The lowest BCUT2D eigenvalue weighted by molar-refractivity contribution is -0.396. The van der Waals surface area contributed by atoms with E-state index in [1.165, 1.54) is 0 Å². The van der Waals surface area contributed by atoms with E-state index in [0.717, 1.165) is 12.8 Å². The molecule has 0 aromatic carbocycles. The summed E-state index contributed by atoms with van der Waals surface area (Å²) in [7, 11) is 0.421. The van der Waals surface area contributed by atoms with Gasteiger partial charge in [-0.1, -0.05) is 0 Å². The van der Waals surface area contributed by atoms with Crippen molar-refractivity contribution in [2.45, 2.75) is 67.7 Å². The summed E-state index contributed by atoms with van der Waals surface area (Å²) < 4.78 is 120. The molecule has 0 saturated carbocycles. The second kappa shape index (κ2) is 6.45. The van der Waals surface area contributed by atoms with Gasteiger partial charge >= 0.3 is 23.9 Å². The van der Waals surface area contributed by atoms with Gasteiger partial charge in [0.05, 0.1) is 0 Å². The van der Waals surface area contributed by atoms with Gasteiger partial charge in [-0.25, -0.2) is 0 Å². The van der Waals surface area contributed by atoms with Crippen LogP contribution in [0.2, 0.25) is 0 Å². The van der Waals surface area contributed by atoms with Crippen molar-refractivity contribution in [2.75, 3.05) is 6.61 Å². The van der Waals surface area contributed by atoms with Gasteiger partial charge in [0.25, 0.3) is 0 Å². The zero-order valence-corrected chi connectivity index (χ0v) is 14.3. The lowest BCUT2D eigenvalue weighted by atomic mass is 9.96. The monoisotopic (exact) mass is 376 g/mol. The number of rotatable bonds is 6. The summed E-state index contributed by atoms with van der Waals surface area (Å²) in [4.78, 5) is 0. The molecule has 1 aliphatic heterocycles. The molecule has 11 heteroatoms. The van der Waals surface area contributed by atoms with Crippen LogP contribution in [0.15, 0.2) is 0 Å². The Labute approximate surface area is 130 Å². The molecule has 23 heavy (non-hydrogen) atoms. The molecule has 0 aliphatic carbocycles. The van der Waals surface area contributed by atoms with Crippen molar-refractivity contribution in [1.82, 2.24) is 0 Å². The molecule has 0 N–H and O–H groups in total. The minimum absolute atomic E-state index is 0.0670. The number of hydrogen-bond donors (Lipinski definition) is 0. The Morgan fingerprint density at radius 2 is 1.43 bits per heavy atom. The third kappa shape index (κ3) is 4.15. The Hall–Kier alpha value is -0.453. The minimum atomic E-state index is -6.80. The first kappa shape index (κ1) is 20.6. The molecule has 1 saturated heterocycles. The van der Waals surface area contributed by atoms with Gasteiger partial charge in [-0.15, -0.1) is 0 Å². The summed E-state index contributed by atoms with van der Waals surface area (Å²) in [5.74, 6) is -18.8. The van der Waals surface area contributed by atoms with Gasteiger partial charge in [0.1, 0.15) is 0 Å². The Bertz CT molecular complexity index is 402. The second-order valence-corrected chi connectivity index (χ2v) is 7.78. The average Bonchev–Trinajstić information content (AvgIpc) is 2.37. The van der Waals surface area contributed by atoms with Crippen LogP contribution in [0, 0.1) is 0 Å². The molecule has 1 rings (SSSR count). The zero-order valence-electron chi connectivity index (χ0n) is 12.3. The van der Waals surface area contributed by atoms with E-state index in [0.29, 0.717) is 23.3 Å². The highest BCUT2D eigenvalue weighted by Gasteiger charge is 2.81.